The van der Waals surface area contributed by atoms with Gasteiger partial charge in [0.1, 0.15) is 0 Å². The molecule has 0 aliphatic rings. The van der Waals surface area contributed by atoms with E-state index in [1.54, 1.807) is 0 Å². The van der Waals surface area contributed by atoms with Gasteiger partial charge in [-0.1, -0.05) is 0 Å². The van der Waals surface area contributed by atoms with Crippen LogP contribution in [-0.4, -0.2) is 17.2 Å². The number of aliphatic carboxylic acids is 1. The molecule has 0 rings (SSSR count). The predicted octanol–water partition coefficient (Wildman–Crippen LogP) is 0.244. The first-order valence-electron chi connectivity index (χ1n) is 1.46. The molecule has 0 aromatic carbocycles. The Kier molecular flexibility index (Phi) is 2.30. The summed E-state index contributed by atoms with van der Waals surface area (Å²) in [5.41, 5.74) is 0. The van der Waals surface area contributed by atoms with Crippen LogP contribution in [0, 0.1) is 0 Å². The molecular formula is C2H3O4P. The second-order valence-electron chi connectivity index (χ2n) is 0.885. The van der Waals surface area contributed by atoms with Crippen LogP contribution in [0.2, 0.25) is 0 Å². The number of rotatable bonds is 2. The molecule has 5 heteroatoms. The zero-order chi connectivity index (χ0) is 5.86. The van der Waals surface area contributed by atoms with E-state index in [9.17, 15) is 13.9 Å². The van der Waals surface area contributed by atoms with Crippen molar-refractivity contribution >= 4 is 13.6 Å². The normalized spacial score (nSPS) is 8.00. The molecule has 0 aliphatic heterocycles. The topological polar surface area (TPSA) is 71.4 Å². The summed E-state index contributed by atoms with van der Waals surface area (Å²) in [6.07, 6.45) is -0.769. The molecule has 0 radical (unpaired) electrons. The lowest BCUT2D eigenvalue weighted by molar-refractivity contribution is -0.134. The summed E-state index contributed by atoms with van der Waals surface area (Å²) in [4.78, 5) is 9.43. The van der Waals surface area contributed by atoms with Crippen molar-refractivity contribution in [3.8, 4) is 0 Å². The summed E-state index contributed by atoms with van der Waals surface area (Å²) in [5, 5.41) is 7.70. The van der Waals surface area contributed by atoms with Crippen LogP contribution in [0.15, 0.2) is 0 Å². The Balaban J connectivity index is 3.53. The number of hydrogen-bond acceptors (Lipinski definition) is 3. The summed E-state index contributed by atoms with van der Waals surface area (Å²) in [5.74, 6) is -1.31. The summed E-state index contributed by atoms with van der Waals surface area (Å²) in [7, 11) is -2.74. The van der Waals surface area contributed by atoms with E-state index in [1.165, 1.54) is 0 Å². The molecule has 1 N–H and O–H groups in total. The molecule has 4 nitrogen and oxygen atoms in total. The van der Waals surface area contributed by atoms with E-state index in [4.69, 9.17) is 5.11 Å². The van der Waals surface area contributed by atoms with Crippen molar-refractivity contribution in [1.29, 1.82) is 0 Å². The van der Waals surface area contributed by atoms with Gasteiger partial charge >= 0.3 is 13.6 Å². The third-order valence-corrected chi connectivity index (χ3v) is 0.793. The van der Waals surface area contributed by atoms with Gasteiger partial charge in [-0.3, -0.25) is 4.79 Å². The molecule has 0 amide bonds. The fourth-order valence-corrected chi connectivity index (χ4v) is 0.331. The highest BCUT2D eigenvalue weighted by Gasteiger charge is 1.97. The van der Waals surface area contributed by atoms with E-state index < -0.39 is 19.8 Å². The van der Waals surface area contributed by atoms with Gasteiger partial charge in [-0.05, 0) is 0 Å². The highest BCUT2D eigenvalue weighted by atomic mass is 31.1. The maximum Gasteiger partial charge on any atom is 0.327 e. The summed E-state index contributed by atoms with van der Waals surface area (Å²) >= 11 is 0. The van der Waals surface area contributed by atoms with Crippen LogP contribution in [-0.2, 0) is 13.9 Å². The largest absolute Gasteiger partial charge is 0.481 e. The van der Waals surface area contributed by atoms with E-state index in [2.05, 4.69) is 0 Å². The fraction of sp³-hybridized carbons (Fsp3) is 0.500. The van der Waals surface area contributed by atoms with Gasteiger partial charge in [0.15, 0.2) is 6.16 Å². The molecule has 0 heterocycles. The molecule has 0 aromatic heterocycles. The number of carboxylic acids is 1. The molecule has 0 saturated carbocycles. The van der Waals surface area contributed by atoms with Crippen LogP contribution in [0.1, 0.15) is 0 Å². The molecule has 0 atom stereocenters. The van der Waals surface area contributed by atoms with Crippen molar-refractivity contribution in [2.75, 3.05) is 6.16 Å². The lowest BCUT2D eigenvalue weighted by Crippen LogP contribution is -1.94. The standard InChI is InChI=1S/C2H3O4P/c3-2(4)1-7(5)6/h1H2,(H,3,4). The van der Waals surface area contributed by atoms with Crippen LogP contribution in [0.25, 0.3) is 0 Å². The summed E-state index contributed by atoms with van der Waals surface area (Å²) in [6.45, 7) is 0. The van der Waals surface area contributed by atoms with Crippen LogP contribution >= 0.6 is 7.68 Å². The zero-order valence-corrected chi connectivity index (χ0v) is 4.22. The van der Waals surface area contributed by atoms with Gasteiger partial charge < -0.3 is 5.11 Å². The van der Waals surface area contributed by atoms with E-state index in [0.29, 0.717) is 0 Å². The van der Waals surface area contributed by atoms with Gasteiger partial charge in [0.25, 0.3) is 0 Å². The van der Waals surface area contributed by atoms with Gasteiger partial charge in [-0.15, -0.1) is 0 Å². The lowest BCUT2D eigenvalue weighted by atomic mass is 10.8. The monoisotopic (exact) mass is 122 g/mol. The zero-order valence-electron chi connectivity index (χ0n) is 3.33. The molecule has 0 aliphatic carbocycles. The minimum atomic E-state index is -2.74. The molecule has 0 bridgehead atoms. The lowest BCUT2D eigenvalue weighted by Gasteiger charge is -1.71. The first-order chi connectivity index (χ1) is 3.13. The number of carbonyl (C=O) groups is 1. The van der Waals surface area contributed by atoms with Gasteiger partial charge in [-0.2, -0.15) is 0 Å². The van der Waals surface area contributed by atoms with E-state index >= 15 is 0 Å². The van der Waals surface area contributed by atoms with Crippen LogP contribution < -0.4 is 0 Å². The van der Waals surface area contributed by atoms with Gasteiger partial charge in [0.2, 0.25) is 0 Å². The third kappa shape index (κ3) is 5.37. The minimum absolute atomic E-state index is 0.769. The molecule has 40 valence electrons. The Hall–Kier alpha value is -0.630. The predicted molar refractivity (Wildman–Crippen MR) is 20.8 cm³/mol. The van der Waals surface area contributed by atoms with Gasteiger partial charge in [0, 0.05) is 0 Å². The second kappa shape index (κ2) is 2.53. The molecule has 0 aromatic rings. The van der Waals surface area contributed by atoms with Crippen LogP contribution in [0.5, 0.6) is 0 Å². The van der Waals surface area contributed by atoms with Crippen molar-refractivity contribution in [2.45, 2.75) is 0 Å². The quantitative estimate of drug-likeness (QED) is 0.532. The van der Waals surface area contributed by atoms with Crippen molar-refractivity contribution in [3.63, 3.8) is 0 Å². The summed E-state index contributed by atoms with van der Waals surface area (Å²) in [6, 6.07) is 0. The van der Waals surface area contributed by atoms with E-state index in [1.807, 2.05) is 0 Å². The maximum atomic E-state index is 9.47. The summed E-state index contributed by atoms with van der Waals surface area (Å²) < 4.78 is 18.9. The molecule has 0 unspecified atom stereocenters. The minimum Gasteiger partial charge on any atom is -0.481 e. The SMILES string of the molecule is O=C(O)CP(=O)=O. The maximum absolute atomic E-state index is 9.47. The molecule has 0 saturated heterocycles. The Morgan fingerprint density at radius 3 is 2.00 bits per heavy atom. The Morgan fingerprint density at radius 2 is 2.00 bits per heavy atom. The fourth-order valence-electron chi connectivity index (χ4n) is 0.110. The first-order valence-corrected chi connectivity index (χ1v) is 2.83. The first kappa shape index (κ1) is 6.37. The van der Waals surface area contributed by atoms with Crippen molar-refractivity contribution in [2.24, 2.45) is 0 Å². The van der Waals surface area contributed by atoms with E-state index in [0.717, 1.165) is 0 Å². The highest BCUT2D eigenvalue weighted by molar-refractivity contribution is 7.32. The Morgan fingerprint density at radius 1 is 1.57 bits per heavy atom. The smallest absolute Gasteiger partial charge is 0.327 e. The Labute approximate surface area is 40.0 Å². The second-order valence-corrected chi connectivity index (χ2v) is 1.87. The van der Waals surface area contributed by atoms with Crippen molar-refractivity contribution < 1.29 is 19.0 Å². The van der Waals surface area contributed by atoms with E-state index in [-0.39, 0.29) is 0 Å². The molecular weight excluding hydrogens is 119 g/mol. The molecule has 7 heavy (non-hydrogen) atoms. The van der Waals surface area contributed by atoms with Crippen LogP contribution in [0.4, 0.5) is 0 Å². The molecule has 0 fully saturated rings. The number of carboxylic acid groups (broad SMARTS) is 1. The highest BCUT2D eigenvalue weighted by Crippen LogP contribution is 1.98. The molecule has 0 spiro atoms. The van der Waals surface area contributed by atoms with Gasteiger partial charge in [-0.25, -0.2) is 9.13 Å². The average molecular weight is 122 g/mol. The van der Waals surface area contributed by atoms with Crippen molar-refractivity contribution in [1.82, 2.24) is 0 Å². The van der Waals surface area contributed by atoms with Crippen LogP contribution in [0.3, 0.4) is 0 Å². The third-order valence-electron chi connectivity index (χ3n) is 0.264. The van der Waals surface area contributed by atoms with Gasteiger partial charge in [0.05, 0.1) is 0 Å². The Bertz CT molecular complexity index is 127. The van der Waals surface area contributed by atoms with Crippen molar-refractivity contribution in [3.05, 3.63) is 0 Å². The number of hydrogen-bond donors (Lipinski definition) is 1. The average Bonchev–Trinajstić information content (AvgIpc) is 1.27.